The monoisotopic (exact) mass is 379 g/mol. The summed E-state index contributed by atoms with van der Waals surface area (Å²) in [5, 5.41) is 2.73. The number of ether oxygens (including phenoxy) is 1. The van der Waals surface area contributed by atoms with Gasteiger partial charge in [0.25, 0.3) is 15.9 Å². The molecule has 1 amide bonds. The van der Waals surface area contributed by atoms with Crippen LogP contribution >= 0.6 is 0 Å². The fourth-order valence-electron chi connectivity index (χ4n) is 3.18. The van der Waals surface area contributed by atoms with E-state index in [1.807, 2.05) is 11.9 Å². The van der Waals surface area contributed by atoms with Gasteiger partial charge in [-0.05, 0) is 43.9 Å². The first-order chi connectivity index (χ1) is 12.5. The highest BCUT2D eigenvalue weighted by molar-refractivity contribution is 7.90. The third-order valence-corrected chi connectivity index (χ3v) is 5.98. The van der Waals surface area contributed by atoms with Crippen molar-refractivity contribution in [3.63, 3.8) is 0 Å². The van der Waals surface area contributed by atoms with E-state index in [0.717, 1.165) is 32.2 Å². The van der Waals surface area contributed by atoms with Gasteiger partial charge in [0.15, 0.2) is 0 Å². The standard InChI is InChI=1S/C18H25N3O4S/c1-21-11-4-2-3-10-17(21)20-26(23,24)15-8-5-7-14(13-15)19-18(22)16-9-6-12-25-16/h5,7-8,13,16H,2-4,6,9-12H2,1H3,(H,19,22)/b20-17+. The zero-order chi connectivity index (χ0) is 18.6. The van der Waals surface area contributed by atoms with E-state index in [1.54, 1.807) is 12.1 Å². The minimum Gasteiger partial charge on any atom is -0.368 e. The maximum absolute atomic E-state index is 12.7. The van der Waals surface area contributed by atoms with Crippen LogP contribution in [0.1, 0.15) is 38.5 Å². The molecule has 1 N–H and O–H groups in total. The Morgan fingerprint density at radius 2 is 2.12 bits per heavy atom. The molecular weight excluding hydrogens is 354 g/mol. The normalized spacial score (nSPS) is 23.0. The lowest BCUT2D eigenvalue weighted by atomic mass is 10.2. The molecule has 2 aliphatic rings. The zero-order valence-corrected chi connectivity index (χ0v) is 15.8. The summed E-state index contributed by atoms with van der Waals surface area (Å²) in [5.41, 5.74) is 0.431. The molecule has 0 spiro atoms. The van der Waals surface area contributed by atoms with E-state index in [2.05, 4.69) is 9.71 Å². The highest BCUT2D eigenvalue weighted by Crippen LogP contribution is 2.21. The second-order valence-corrected chi connectivity index (χ2v) is 8.34. The number of anilines is 1. The lowest BCUT2D eigenvalue weighted by molar-refractivity contribution is -0.124. The van der Waals surface area contributed by atoms with Crippen LogP contribution in [-0.2, 0) is 19.6 Å². The summed E-state index contributed by atoms with van der Waals surface area (Å²) < 4.78 is 34.8. The molecule has 0 aliphatic carbocycles. The van der Waals surface area contributed by atoms with Crippen LogP contribution in [0.15, 0.2) is 33.6 Å². The lowest BCUT2D eigenvalue weighted by Gasteiger charge is -2.17. The Labute approximate surface area is 154 Å². The maximum Gasteiger partial charge on any atom is 0.284 e. The predicted molar refractivity (Wildman–Crippen MR) is 99.8 cm³/mol. The molecule has 2 fully saturated rings. The van der Waals surface area contributed by atoms with Gasteiger partial charge in [0, 0.05) is 32.3 Å². The summed E-state index contributed by atoms with van der Waals surface area (Å²) in [5.74, 6) is 0.350. The molecule has 142 valence electrons. The first kappa shape index (κ1) is 18.8. The molecule has 1 aromatic rings. The molecule has 0 aromatic heterocycles. The van der Waals surface area contributed by atoms with Gasteiger partial charge in [-0.25, -0.2) is 0 Å². The van der Waals surface area contributed by atoms with Crippen molar-refractivity contribution in [3.05, 3.63) is 24.3 Å². The zero-order valence-electron chi connectivity index (χ0n) is 15.0. The molecule has 2 heterocycles. The van der Waals surface area contributed by atoms with E-state index in [9.17, 15) is 13.2 Å². The van der Waals surface area contributed by atoms with Gasteiger partial charge in [-0.1, -0.05) is 12.5 Å². The van der Waals surface area contributed by atoms with Crippen LogP contribution < -0.4 is 5.32 Å². The third kappa shape index (κ3) is 4.62. The van der Waals surface area contributed by atoms with Crippen LogP contribution in [0.3, 0.4) is 0 Å². The molecule has 0 radical (unpaired) electrons. The van der Waals surface area contributed by atoms with Crippen LogP contribution in [-0.4, -0.2) is 51.4 Å². The van der Waals surface area contributed by atoms with Crippen LogP contribution in [0.4, 0.5) is 5.69 Å². The molecule has 0 saturated carbocycles. The minimum absolute atomic E-state index is 0.0767. The second kappa shape index (κ2) is 8.18. The van der Waals surface area contributed by atoms with Crippen LogP contribution in [0, 0.1) is 0 Å². The molecule has 26 heavy (non-hydrogen) atoms. The van der Waals surface area contributed by atoms with Crippen molar-refractivity contribution in [2.24, 2.45) is 4.40 Å². The number of likely N-dealkylation sites (tertiary alicyclic amines) is 1. The number of benzene rings is 1. The molecular formula is C18H25N3O4S. The van der Waals surface area contributed by atoms with Crippen molar-refractivity contribution >= 4 is 27.5 Å². The summed E-state index contributed by atoms with van der Waals surface area (Å²) >= 11 is 0. The summed E-state index contributed by atoms with van der Waals surface area (Å²) in [4.78, 5) is 14.1. The Hall–Kier alpha value is -1.93. The van der Waals surface area contributed by atoms with Gasteiger partial charge in [-0.15, -0.1) is 4.40 Å². The molecule has 2 aliphatic heterocycles. The summed E-state index contributed by atoms with van der Waals surface area (Å²) in [6.07, 6.45) is 4.80. The van der Waals surface area contributed by atoms with E-state index >= 15 is 0 Å². The third-order valence-electron chi connectivity index (χ3n) is 4.68. The number of amides is 1. The predicted octanol–water partition coefficient (Wildman–Crippen LogP) is 2.40. The van der Waals surface area contributed by atoms with E-state index in [4.69, 9.17) is 4.74 Å². The molecule has 1 atom stereocenters. The first-order valence-electron chi connectivity index (χ1n) is 9.03. The summed E-state index contributed by atoms with van der Waals surface area (Å²) in [6.45, 7) is 1.39. The quantitative estimate of drug-likeness (QED) is 0.868. The number of carbonyl (C=O) groups excluding carboxylic acids is 1. The number of hydrogen-bond donors (Lipinski definition) is 1. The Morgan fingerprint density at radius 1 is 1.27 bits per heavy atom. The maximum atomic E-state index is 12.7. The Balaban J connectivity index is 1.78. The van der Waals surface area contributed by atoms with Crippen LogP contribution in [0.5, 0.6) is 0 Å². The van der Waals surface area contributed by atoms with Crippen LogP contribution in [0.25, 0.3) is 0 Å². The molecule has 1 unspecified atom stereocenters. The molecule has 3 rings (SSSR count). The average molecular weight is 379 g/mol. The minimum atomic E-state index is -3.82. The highest BCUT2D eigenvalue weighted by atomic mass is 32.2. The largest absolute Gasteiger partial charge is 0.368 e. The molecule has 1 aromatic carbocycles. The summed E-state index contributed by atoms with van der Waals surface area (Å²) in [6, 6.07) is 6.21. The van der Waals surface area contributed by atoms with Crippen molar-refractivity contribution in [1.29, 1.82) is 0 Å². The van der Waals surface area contributed by atoms with Crippen molar-refractivity contribution in [2.45, 2.75) is 49.5 Å². The van der Waals surface area contributed by atoms with Gasteiger partial charge >= 0.3 is 0 Å². The highest BCUT2D eigenvalue weighted by Gasteiger charge is 2.24. The number of nitrogens with zero attached hydrogens (tertiary/aromatic N) is 2. The van der Waals surface area contributed by atoms with Gasteiger partial charge in [0.1, 0.15) is 11.9 Å². The van der Waals surface area contributed by atoms with E-state index < -0.39 is 16.1 Å². The fraction of sp³-hybridized carbons (Fsp3) is 0.556. The number of amidine groups is 1. The van der Waals surface area contributed by atoms with Gasteiger partial charge < -0.3 is 15.0 Å². The van der Waals surface area contributed by atoms with Crippen molar-refractivity contribution in [2.75, 3.05) is 25.5 Å². The molecule has 2 saturated heterocycles. The Bertz CT molecular complexity index is 785. The van der Waals surface area contributed by atoms with Gasteiger partial charge in [-0.2, -0.15) is 8.42 Å². The molecule has 7 nitrogen and oxygen atoms in total. The van der Waals surface area contributed by atoms with Crippen molar-refractivity contribution < 1.29 is 17.9 Å². The number of sulfonamides is 1. The smallest absolute Gasteiger partial charge is 0.284 e. The van der Waals surface area contributed by atoms with E-state index in [1.165, 1.54) is 12.1 Å². The average Bonchev–Trinajstić information content (AvgIpc) is 3.08. The SMILES string of the molecule is CN1CCCCC/C1=N\S(=O)(=O)c1cccc(NC(=O)C2CCCO2)c1. The van der Waals surface area contributed by atoms with Crippen molar-refractivity contribution in [1.82, 2.24) is 4.90 Å². The molecule has 0 bridgehead atoms. The number of hydrogen-bond acceptors (Lipinski definition) is 4. The number of carbonyl (C=O) groups is 1. The number of nitrogens with one attached hydrogen (secondary N) is 1. The van der Waals surface area contributed by atoms with E-state index in [0.29, 0.717) is 31.0 Å². The Kier molecular flexibility index (Phi) is 5.93. The fourth-order valence-corrected chi connectivity index (χ4v) is 4.32. The van der Waals surface area contributed by atoms with Crippen molar-refractivity contribution in [3.8, 4) is 0 Å². The first-order valence-corrected chi connectivity index (χ1v) is 10.5. The Morgan fingerprint density at radius 3 is 2.88 bits per heavy atom. The number of rotatable bonds is 4. The molecule has 8 heteroatoms. The lowest BCUT2D eigenvalue weighted by Crippen LogP contribution is -2.27. The van der Waals surface area contributed by atoms with Crippen LogP contribution in [0.2, 0.25) is 0 Å². The summed E-state index contributed by atoms with van der Waals surface area (Å²) in [7, 11) is -1.95. The van der Waals surface area contributed by atoms with Gasteiger partial charge in [-0.3, -0.25) is 4.79 Å². The van der Waals surface area contributed by atoms with Gasteiger partial charge in [0.2, 0.25) is 0 Å². The second-order valence-electron chi connectivity index (χ2n) is 6.73. The topological polar surface area (TPSA) is 88.1 Å². The van der Waals surface area contributed by atoms with Gasteiger partial charge in [0.05, 0.1) is 4.90 Å². The van der Waals surface area contributed by atoms with E-state index in [-0.39, 0.29) is 10.8 Å².